The van der Waals surface area contributed by atoms with Gasteiger partial charge in [-0.2, -0.15) is 0 Å². The molecule has 0 spiro atoms. The lowest BCUT2D eigenvalue weighted by Crippen LogP contribution is -2.30. The summed E-state index contributed by atoms with van der Waals surface area (Å²) in [5.41, 5.74) is 0.512. The van der Waals surface area contributed by atoms with Crippen LogP contribution in [0.2, 0.25) is 0 Å². The first kappa shape index (κ1) is 6.80. The molecule has 0 atom stereocenters. The third-order valence-corrected chi connectivity index (χ3v) is 1.40. The molecule has 0 aliphatic carbocycles. The summed E-state index contributed by atoms with van der Waals surface area (Å²) in [7, 11) is 1.73. The lowest BCUT2D eigenvalue weighted by atomic mass is 10.4. The molecule has 0 radical (unpaired) electrons. The van der Waals surface area contributed by atoms with E-state index in [4.69, 9.17) is 5.41 Å². The number of hydrogen-bond acceptors (Lipinski definition) is 2. The van der Waals surface area contributed by atoms with Crippen molar-refractivity contribution in [3.63, 3.8) is 0 Å². The van der Waals surface area contributed by atoms with Crippen LogP contribution in [0.1, 0.15) is 5.69 Å². The third kappa shape index (κ3) is 1.00. The van der Waals surface area contributed by atoms with Gasteiger partial charge in [-0.05, 0) is 13.0 Å². The lowest BCUT2D eigenvalue weighted by Gasteiger charge is -2.00. The van der Waals surface area contributed by atoms with Gasteiger partial charge in [0.25, 0.3) is 5.56 Å². The van der Waals surface area contributed by atoms with Gasteiger partial charge in [0.15, 0.2) is 0 Å². The Bertz CT molecular complexity index is 312. The second kappa shape index (κ2) is 2.13. The maximum absolute atomic E-state index is 10.7. The van der Waals surface area contributed by atoms with E-state index >= 15 is 0 Å². The number of rotatable bonds is 0. The van der Waals surface area contributed by atoms with Crippen molar-refractivity contribution in [3.8, 4) is 0 Å². The van der Waals surface area contributed by atoms with Gasteiger partial charge < -0.3 is 0 Å². The van der Waals surface area contributed by atoms with E-state index in [9.17, 15) is 4.79 Å². The number of aromatic amines is 1. The highest BCUT2D eigenvalue weighted by Gasteiger charge is 1.91. The normalized spacial score (nSPS) is 9.80. The van der Waals surface area contributed by atoms with Crippen LogP contribution in [0.25, 0.3) is 0 Å². The van der Waals surface area contributed by atoms with Gasteiger partial charge in [0.1, 0.15) is 5.36 Å². The molecule has 4 heteroatoms. The predicted octanol–water partition coefficient (Wildman–Crippen LogP) is -0.499. The van der Waals surface area contributed by atoms with Crippen molar-refractivity contribution >= 4 is 0 Å². The van der Waals surface area contributed by atoms with Crippen molar-refractivity contribution in [1.29, 1.82) is 5.41 Å². The van der Waals surface area contributed by atoms with Gasteiger partial charge in [0.05, 0.1) is 0 Å². The molecule has 4 nitrogen and oxygen atoms in total. The van der Waals surface area contributed by atoms with Gasteiger partial charge in [-0.3, -0.25) is 20.0 Å². The van der Waals surface area contributed by atoms with Crippen LogP contribution in [-0.4, -0.2) is 9.78 Å². The smallest absolute Gasteiger partial charge is 0.287 e. The molecule has 0 aliphatic heterocycles. The molecule has 0 unspecified atom stereocenters. The van der Waals surface area contributed by atoms with E-state index in [1.807, 2.05) is 6.92 Å². The topological polar surface area (TPSA) is 61.6 Å². The highest BCUT2D eigenvalue weighted by molar-refractivity contribution is 4.96. The van der Waals surface area contributed by atoms with E-state index in [0.717, 1.165) is 5.69 Å². The van der Waals surface area contributed by atoms with Gasteiger partial charge in [-0.1, -0.05) is 0 Å². The van der Waals surface area contributed by atoms with E-state index in [1.54, 1.807) is 11.7 Å². The molecule has 0 saturated heterocycles. The summed E-state index contributed by atoms with van der Waals surface area (Å²) in [6.45, 7) is 1.83. The van der Waals surface area contributed by atoms with E-state index in [-0.39, 0.29) is 10.9 Å². The minimum Gasteiger partial charge on any atom is -0.295 e. The van der Waals surface area contributed by atoms with Gasteiger partial charge in [-0.15, -0.1) is 0 Å². The highest BCUT2D eigenvalue weighted by Crippen LogP contribution is 1.81. The van der Waals surface area contributed by atoms with Crippen molar-refractivity contribution in [3.05, 3.63) is 27.5 Å². The summed E-state index contributed by atoms with van der Waals surface area (Å²) in [5, 5.41) is 9.59. The highest BCUT2D eigenvalue weighted by atomic mass is 16.1. The Morgan fingerprint density at radius 3 is 2.80 bits per heavy atom. The lowest BCUT2D eigenvalue weighted by molar-refractivity contribution is 0.683. The van der Waals surface area contributed by atoms with Crippen molar-refractivity contribution in [2.75, 3.05) is 0 Å². The van der Waals surface area contributed by atoms with Gasteiger partial charge in [0, 0.05) is 12.7 Å². The largest absolute Gasteiger partial charge is 0.295 e. The van der Waals surface area contributed by atoms with Crippen LogP contribution in [0.15, 0.2) is 10.9 Å². The molecule has 0 bridgehead atoms. The third-order valence-electron chi connectivity index (χ3n) is 1.40. The van der Waals surface area contributed by atoms with Crippen LogP contribution in [0, 0.1) is 12.3 Å². The molecular weight excluding hydrogens is 130 g/mol. The summed E-state index contributed by atoms with van der Waals surface area (Å²) < 4.78 is 1.58. The molecule has 1 aromatic rings. The number of aromatic nitrogens is 2. The molecule has 54 valence electrons. The Morgan fingerprint density at radius 1 is 1.70 bits per heavy atom. The molecule has 0 saturated carbocycles. The number of H-pyrrole nitrogens is 1. The molecule has 1 heterocycles. The van der Waals surface area contributed by atoms with Crippen LogP contribution >= 0.6 is 0 Å². The summed E-state index contributed by atoms with van der Waals surface area (Å²) in [4.78, 5) is 10.7. The summed E-state index contributed by atoms with van der Waals surface area (Å²) >= 11 is 0. The zero-order chi connectivity index (χ0) is 7.72. The van der Waals surface area contributed by atoms with Crippen molar-refractivity contribution in [2.45, 2.75) is 6.92 Å². The first-order valence-electron chi connectivity index (χ1n) is 2.93. The average Bonchev–Trinajstić information content (AvgIpc) is 1.84. The second-order valence-corrected chi connectivity index (χ2v) is 2.20. The maximum atomic E-state index is 10.7. The fraction of sp³-hybridized carbons (Fsp3) is 0.333. The van der Waals surface area contributed by atoms with Crippen LogP contribution in [-0.2, 0) is 7.05 Å². The van der Waals surface area contributed by atoms with E-state index in [2.05, 4.69) is 5.10 Å². The maximum Gasteiger partial charge on any atom is 0.287 e. The van der Waals surface area contributed by atoms with Crippen LogP contribution in [0.4, 0.5) is 0 Å². The van der Waals surface area contributed by atoms with Gasteiger partial charge in [0.2, 0.25) is 0 Å². The van der Waals surface area contributed by atoms with E-state index in [0.29, 0.717) is 0 Å². The summed E-state index contributed by atoms with van der Waals surface area (Å²) in [6.07, 6.45) is 0. The molecule has 0 aliphatic rings. The molecule has 0 fully saturated rings. The zero-order valence-electron chi connectivity index (χ0n) is 5.93. The van der Waals surface area contributed by atoms with Crippen LogP contribution in [0.5, 0.6) is 0 Å². The van der Waals surface area contributed by atoms with Crippen molar-refractivity contribution in [1.82, 2.24) is 9.78 Å². The van der Waals surface area contributed by atoms with Crippen LogP contribution < -0.4 is 10.9 Å². The molecule has 0 aromatic carbocycles. The molecule has 2 N–H and O–H groups in total. The number of nitrogens with one attached hydrogen (secondary N) is 2. The zero-order valence-corrected chi connectivity index (χ0v) is 5.93. The molecule has 10 heavy (non-hydrogen) atoms. The summed E-state index contributed by atoms with van der Waals surface area (Å²) in [6, 6.07) is 1.53. The van der Waals surface area contributed by atoms with Crippen molar-refractivity contribution < 1.29 is 0 Å². The Balaban J connectivity index is 3.59. The fourth-order valence-electron chi connectivity index (χ4n) is 0.672. The summed E-state index contributed by atoms with van der Waals surface area (Å²) in [5.74, 6) is 0. The Morgan fingerprint density at radius 2 is 2.30 bits per heavy atom. The molecular formula is C6H9N3O. The quantitative estimate of drug-likeness (QED) is 0.500. The number of hydrogen-bond donors (Lipinski definition) is 2. The molecule has 1 rings (SSSR count). The standard InChI is InChI=1S/C6H9N3O/c1-4-3-5(7)6(10)8-9(4)2/h3,7H,1-2H3,(H,8,10). The van der Waals surface area contributed by atoms with Gasteiger partial charge >= 0.3 is 0 Å². The minimum atomic E-state index is -0.354. The molecule has 0 amide bonds. The average molecular weight is 139 g/mol. The molecule has 1 aromatic heterocycles. The van der Waals surface area contributed by atoms with E-state index < -0.39 is 0 Å². The Hall–Kier alpha value is -1.32. The Labute approximate surface area is 57.6 Å². The number of aryl methyl sites for hydroxylation is 2. The SMILES string of the molecule is Cc1cc(=N)c(=O)[nH]n1C. The monoisotopic (exact) mass is 139 g/mol. The van der Waals surface area contributed by atoms with Crippen molar-refractivity contribution in [2.24, 2.45) is 7.05 Å². The number of nitrogens with zero attached hydrogens (tertiary/aromatic N) is 1. The van der Waals surface area contributed by atoms with Crippen LogP contribution in [0.3, 0.4) is 0 Å². The van der Waals surface area contributed by atoms with Gasteiger partial charge in [-0.25, -0.2) is 0 Å². The fourth-order valence-corrected chi connectivity index (χ4v) is 0.672. The first-order valence-corrected chi connectivity index (χ1v) is 2.93. The first-order chi connectivity index (χ1) is 4.61. The van der Waals surface area contributed by atoms with E-state index in [1.165, 1.54) is 6.07 Å². The Kier molecular flexibility index (Phi) is 1.45. The second-order valence-electron chi connectivity index (χ2n) is 2.20. The predicted molar refractivity (Wildman–Crippen MR) is 36.6 cm³/mol. The minimum absolute atomic E-state index is 0.00981.